The van der Waals surface area contributed by atoms with Gasteiger partial charge in [0.15, 0.2) is 0 Å². The van der Waals surface area contributed by atoms with E-state index in [1.165, 1.54) is 12.1 Å². The normalized spacial score (nSPS) is 10.1. The summed E-state index contributed by atoms with van der Waals surface area (Å²) in [5.41, 5.74) is 1.70. The topological polar surface area (TPSA) is 52.4 Å². The first-order valence-electron chi connectivity index (χ1n) is 4.50. The Hall–Kier alpha value is -1.10. The minimum atomic E-state index is -0.395. The summed E-state index contributed by atoms with van der Waals surface area (Å²) >= 11 is 3.26. The molecule has 0 amide bonds. The van der Waals surface area contributed by atoms with Crippen molar-refractivity contribution in [1.29, 1.82) is 0 Å². The van der Waals surface area contributed by atoms with Crippen LogP contribution in [0.15, 0.2) is 12.1 Å². The molecule has 5 heteroatoms. The molecule has 0 unspecified atom stereocenters. The minimum Gasteiger partial charge on any atom is -0.492 e. The molecule has 0 saturated heterocycles. The van der Waals surface area contributed by atoms with E-state index in [2.05, 4.69) is 15.9 Å². The Labute approximate surface area is 96.5 Å². The van der Waals surface area contributed by atoms with Crippen LogP contribution in [0.5, 0.6) is 5.75 Å². The van der Waals surface area contributed by atoms with Gasteiger partial charge in [-0.2, -0.15) is 0 Å². The number of nitro groups is 1. The molecule has 0 fully saturated rings. The van der Waals surface area contributed by atoms with Crippen molar-refractivity contribution in [3.8, 4) is 5.75 Å². The summed E-state index contributed by atoms with van der Waals surface area (Å²) in [4.78, 5) is 10.2. The quantitative estimate of drug-likeness (QED) is 0.482. The second-order valence-corrected chi connectivity index (χ2v) is 4.00. The van der Waals surface area contributed by atoms with E-state index < -0.39 is 4.92 Å². The van der Waals surface area contributed by atoms with Crippen molar-refractivity contribution >= 4 is 21.6 Å². The number of aryl methyl sites for hydroxylation is 2. The predicted molar refractivity (Wildman–Crippen MR) is 61.9 cm³/mol. The summed E-state index contributed by atoms with van der Waals surface area (Å²) in [5, 5.41) is 11.3. The molecule has 0 bridgehead atoms. The number of benzene rings is 1. The van der Waals surface area contributed by atoms with Crippen molar-refractivity contribution in [2.45, 2.75) is 13.8 Å². The summed E-state index contributed by atoms with van der Waals surface area (Å²) in [7, 11) is 0. The maximum absolute atomic E-state index is 10.6. The highest BCUT2D eigenvalue weighted by atomic mass is 79.9. The smallest absolute Gasteiger partial charge is 0.270 e. The Morgan fingerprint density at radius 3 is 2.33 bits per heavy atom. The monoisotopic (exact) mass is 273 g/mol. The fourth-order valence-corrected chi connectivity index (χ4v) is 1.56. The molecule has 0 radical (unpaired) electrons. The van der Waals surface area contributed by atoms with Crippen LogP contribution in [0.4, 0.5) is 5.69 Å². The molecule has 15 heavy (non-hydrogen) atoms. The lowest BCUT2D eigenvalue weighted by Crippen LogP contribution is -2.02. The van der Waals surface area contributed by atoms with Crippen LogP contribution in [-0.2, 0) is 0 Å². The number of ether oxygens (including phenoxy) is 1. The zero-order valence-electron chi connectivity index (χ0n) is 8.62. The van der Waals surface area contributed by atoms with Crippen molar-refractivity contribution in [3.63, 3.8) is 0 Å². The van der Waals surface area contributed by atoms with Crippen LogP contribution in [0, 0.1) is 24.0 Å². The molecule has 82 valence electrons. The average Bonchev–Trinajstić information content (AvgIpc) is 2.16. The summed E-state index contributed by atoms with van der Waals surface area (Å²) < 4.78 is 5.48. The lowest BCUT2D eigenvalue weighted by Gasteiger charge is -2.10. The lowest BCUT2D eigenvalue weighted by molar-refractivity contribution is -0.385. The summed E-state index contributed by atoms with van der Waals surface area (Å²) in [6.07, 6.45) is 0. The highest BCUT2D eigenvalue weighted by Crippen LogP contribution is 2.28. The van der Waals surface area contributed by atoms with Gasteiger partial charge in [-0.25, -0.2) is 0 Å². The number of alkyl halides is 1. The van der Waals surface area contributed by atoms with Gasteiger partial charge in [0.2, 0.25) is 0 Å². The second kappa shape index (κ2) is 5.11. The van der Waals surface area contributed by atoms with Crippen molar-refractivity contribution in [1.82, 2.24) is 0 Å². The standard InChI is InChI=1S/C10H12BrNO3/c1-7-5-9(12(13)14)6-8(2)10(7)15-4-3-11/h5-6H,3-4H2,1-2H3. The van der Waals surface area contributed by atoms with Crippen LogP contribution in [0.3, 0.4) is 0 Å². The van der Waals surface area contributed by atoms with E-state index in [1.54, 1.807) is 0 Å². The number of rotatable bonds is 4. The zero-order chi connectivity index (χ0) is 11.4. The summed E-state index contributed by atoms with van der Waals surface area (Å²) in [6, 6.07) is 3.05. The maximum Gasteiger partial charge on any atom is 0.270 e. The lowest BCUT2D eigenvalue weighted by atomic mass is 10.1. The summed E-state index contributed by atoms with van der Waals surface area (Å²) in [6.45, 7) is 4.17. The Morgan fingerprint density at radius 2 is 1.93 bits per heavy atom. The molecule has 0 heterocycles. The van der Waals surface area contributed by atoms with Gasteiger partial charge in [0, 0.05) is 17.5 Å². The van der Waals surface area contributed by atoms with Gasteiger partial charge in [0.1, 0.15) is 5.75 Å². The molecule has 0 aliphatic heterocycles. The first kappa shape index (κ1) is 12.0. The fourth-order valence-electron chi connectivity index (χ4n) is 1.40. The highest BCUT2D eigenvalue weighted by Gasteiger charge is 2.12. The number of nitrogens with zero attached hydrogens (tertiary/aromatic N) is 1. The highest BCUT2D eigenvalue weighted by molar-refractivity contribution is 9.09. The Balaban J connectivity index is 3.04. The van der Waals surface area contributed by atoms with Gasteiger partial charge in [0.05, 0.1) is 11.5 Å². The molecule has 0 saturated carbocycles. The number of non-ortho nitro benzene ring substituents is 1. The molecule has 0 aliphatic rings. The van der Waals surface area contributed by atoms with E-state index in [0.29, 0.717) is 6.61 Å². The van der Waals surface area contributed by atoms with Crippen LogP contribution < -0.4 is 4.74 Å². The molecule has 1 aromatic rings. The van der Waals surface area contributed by atoms with Crippen molar-refractivity contribution in [2.24, 2.45) is 0 Å². The minimum absolute atomic E-state index is 0.108. The van der Waals surface area contributed by atoms with Crippen molar-refractivity contribution < 1.29 is 9.66 Å². The number of hydrogen-bond acceptors (Lipinski definition) is 3. The molecule has 4 nitrogen and oxygen atoms in total. The molecule has 1 rings (SSSR count). The fraction of sp³-hybridized carbons (Fsp3) is 0.400. The van der Waals surface area contributed by atoms with Crippen LogP contribution in [-0.4, -0.2) is 16.9 Å². The second-order valence-electron chi connectivity index (χ2n) is 3.20. The molecule has 0 N–H and O–H groups in total. The van der Waals surface area contributed by atoms with Crippen LogP contribution in [0.1, 0.15) is 11.1 Å². The van der Waals surface area contributed by atoms with E-state index >= 15 is 0 Å². The largest absolute Gasteiger partial charge is 0.492 e. The Bertz CT molecular complexity index is 356. The van der Waals surface area contributed by atoms with Gasteiger partial charge in [0.25, 0.3) is 5.69 Å². The molecule has 0 atom stereocenters. The van der Waals surface area contributed by atoms with Crippen LogP contribution >= 0.6 is 15.9 Å². The number of hydrogen-bond donors (Lipinski definition) is 0. The third kappa shape index (κ3) is 2.92. The van der Waals surface area contributed by atoms with Gasteiger partial charge in [-0.05, 0) is 25.0 Å². The van der Waals surface area contributed by atoms with Gasteiger partial charge in [-0.1, -0.05) is 15.9 Å². The molecule has 0 spiro atoms. The van der Waals surface area contributed by atoms with E-state index in [0.717, 1.165) is 22.2 Å². The third-order valence-corrected chi connectivity index (χ3v) is 2.30. The number of halogens is 1. The molecule has 1 aromatic carbocycles. The average molecular weight is 274 g/mol. The third-order valence-electron chi connectivity index (χ3n) is 1.98. The van der Waals surface area contributed by atoms with E-state index in [4.69, 9.17) is 4.74 Å². The van der Waals surface area contributed by atoms with Gasteiger partial charge in [-0.3, -0.25) is 10.1 Å². The van der Waals surface area contributed by atoms with E-state index in [9.17, 15) is 10.1 Å². The van der Waals surface area contributed by atoms with Gasteiger partial charge >= 0.3 is 0 Å². The summed E-state index contributed by atoms with van der Waals surface area (Å²) in [5.74, 6) is 0.736. The first-order valence-corrected chi connectivity index (χ1v) is 5.62. The van der Waals surface area contributed by atoms with Crippen LogP contribution in [0.2, 0.25) is 0 Å². The first-order chi connectivity index (χ1) is 7.06. The SMILES string of the molecule is Cc1cc([N+](=O)[O-])cc(C)c1OCCBr. The van der Waals surface area contributed by atoms with Crippen molar-refractivity contribution in [2.75, 3.05) is 11.9 Å². The molecular weight excluding hydrogens is 262 g/mol. The van der Waals surface area contributed by atoms with E-state index in [1.807, 2.05) is 13.8 Å². The molecular formula is C10H12BrNO3. The van der Waals surface area contributed by atoms with Crippen molar-refractivity contribution in [3.05, 3.63) is 33.4 Å². The molecule has 0 aromatic heterocycles. The Kier molecular flexibility index (Phi) is 4.08. The maximum atomic E-state index is 10.6. The van der Waals surface area contributed by atoms with E-state index in [-0.39, 0.29) is 5.69 Å². The molecule has 0 aliphatic carbocycles. The Morgan fingerprint density at radius 1 is 1.40 bits per heavy atom. The zero-order valence-corrected chi connectivity index (χ0v) is 10.2. The van der Waals surface area contributed by atoms with Gasteiger partial charge < -0.3 is 4.74 Å². The van der Waals surface area contributed by atoms with Crippen LogP contribution in [0.25, 0.3) is 0 Å². The predicted octanol–water partition coefficient (Wildman–Crippen LogP) is 2.99. The van der Waals surface area contributed by atoms with Gasteiger partial charge in [-0.15, -0.1) is 0 Å². The number of nitro benzene ring substituents is 1.